The lowest BCUT2D eigenvalue weighted by atomic mass is 9.72. The summed E-state index contributed by atoms with van der Waals surface area (Å²) in [5.74, 6) is 1.65. The maximum Gasteiger partial charge on any atom is 0.354 e. The number of urea groups is 1. The summed E-state index contributed by atoms with van der Waals surface area (Å²) in [5, 5.41) is 6.25. The van der Waals surface area contributed by atoms with Crippen molar-refractivity contribution in [3.05, 3.63) is 52.6 Å². The van der Waals surface area contributed by atoms with E-state index in [9.17, 15) is 9.59 Å². The van der Waals surface area contributed by atoms with Crippen molar-refractivity contribution < 1.29 is 4.79 Å². The molecule has 1 aromatic heterocycles. The normalized spacial score (nSPS) is 26.8. The summed E-state index contributed by atoms with van der Waals surface area (Å²) < 4.78 is 1.51. The predicted octanol–water partition coefficient (Wildman–Crippen LogP) is 2.04. The average Bonchev–Trinajstić information content (AvgIpc) is 3.24. The molecule has 9 nitrogen and oxygen atoms in total. The van der Waals surface area contributed by atoms with E-state index in [1.54, 1.807) is 12.3 Å². The van der Waals surface area contributed by atoms with Gasteiger partial charge in [0.1, 0.15) is 5.82 Å². The summed E-state index contributed by atoms with van der Waals surface area (Å²) in [7, 11) is 0. The van der Waals surface area contributed by atoms with Crippen LogP contribution in [0.25, 0.3) is 5.69 Å². The van der Waals surface area contributed by atoms with Crippen LogP contribution in [0.15, 0.2) is 41.3 Å². The van der Waals surface area contributed by atoms with Crippen LogP contribution in [0.2, 0.25) is 0 Å². The van der Waals surface area contributed by atoms with Crippen LogP contribution in [0.1, 0.15) is 31.2 Å². The monoisotopic (exact) mass is 513 g/mol. The fraction of sp³-hybridized carbons (Fsp3) is 0.577. The minimum atomic E-state index is -0.406. The molecule has 194 valence electrons. The molecular weight excluding hydrogens is 478 g/mol. The van der Waals surface area contributed by atoms with Gasteiger partial charge in [-0.2, -0.15) is 4.98 Å². The van der Waals surface area contributed by atoms with Crippen LogP contribution in [0.3, 0.4) is 0 Å². The number of hydrogen-bond donors (Lipinski definition) is 3. The van der Waals surface area contributed by atoms with Crippen LogP contribution in [0.4, 0.5) is 10.6 Å². The average molecular weight is 514 g/mol. The number of aromatic nitrogens is 2. The van der Waals surface area contributed by atoms with Crippen LogP contribution in [-0.2, 0) is 6.54 Å². The Hall–Kier alpha value is -2.46. The Morgan fingerprint density at radius 3 is 2.36 bits per heavy atom. The summed E-state index contributed by atoms with van der Waals surface area (Å²) >= 11 is 0. The van der Waals surface area contributed by atoms with Gasteiger partial charge in [-0.3, -0.25) is 14.8 Å². The van der Waals surface area contributed by atoms with E-state index in [2.05, 4.69) is 32.7 Å². The molecule has 3 saturated heterocycles. The quantitative estimate of drug-likeness (QED) is 0.577. The lowest BCUT2D eigenvalue weighted by Crippen LogP contribution is -2.48. The molecule has 1 spiro atoms. The summed E-state index contributed by atoms with van der Waals surface area (Å²) in [6.07, 6.45) is 6.14. The Bertz CT molecular complexity index is 1130. The maximum atomic E-state index is 12.8. The number of piperidine rings is 3. The van der Waals surface area contributed by atoms with Crippen molar-refractivity contribution in [2.24, 2.45) is 23.0 Å². The molecule has 4 aliphatic rings. The number of rotatable bonds is 4. The second-order valence-corrected chi connectivity index (χ2v) is 10.9. The fourth-order valence-corrected chi connectivity index (χ4v) is 6.31. The summed E-state index contributed by atoms with van der Waals surface area (Å²) in [5.41, 5.74) is 8.00. The first-order valence-corrected chi connectivity index (χ1v) is 12.9. The number of nitrogens with one attached hydrogen (secondary N) is 2. The van der Waals surface area contributed by atoms with Crippen LogP contribution >= 0.6 is 12.4 Å². The van der Waals surface area contributed by atoms with Crippen molar-refractivity contribution in [2.75, 3.05) is 44.6 Å². The molecule has 4 heterocycles. The third kappa shape index (κ3) is 5.02. The van der Waals surface area contributed by atoms with Gasteiger partial charge in [0.05, 0.1) is 5.69 Å². The molecule has 4 fully saturated rings. The number of halogens is 1. The number of fused-ring (bicyclic) bond motifs is 1. The van der Waals surface area contributed by atoms with E-state index in [0.29, 0.717) is 29.1 Å². The zero-order valence-corrected chi connectivity index (χ0v) is 21.4. The highest BCUT2D eigenvalue weighted by Crippen LogP contribution is 2.44. The first kappa shape index (κ1) is 25.2. The van der Waals surface area contributed by atoms with Crippen molar-refractivity contribution in [1.82, 2.24) is 24.7 Å². The van der Waals surface area contributed by atoms with Crippen molar-refractivity contribution in [3.63, 3.8) is 0 Å². The van der Waals surface area contributed by atoms with E-state index in [0.717, 1.165) is 64.3 Å². The van der Waals surface area contributed by atoms with E-state index >= 15 is 0 Å². The second kappa shape index (κ2) is 10.1. The van der Waals surface area contributed by atoms with Crippen molar-refractivity contribution in [2.45, 2.75) is 38.3 Å². The van der Waals surface area contributed by atoms with Crippen LogP contribution in [0.5, 0.6) is 0 Å². The predicted molar refractivity (Wildman–Crippen MR) is 142 cm³/mol. The van der Waals surface area contributed by atoms with E-state index < -0.39 is 5.69 Å². The Morgan fingerprint density at radius 2 is 1.72 bits per heavy atom. The van der Waals surface area contributed by atoms with E-state index in [-0.39, 0.29) is 18.4 Å². The number of nitrogens with zero attached hydrogens (tertiary/aromatic N) is 4. The lowest BCUT2D eigenvalue weighted by molar-refractivity contribution is 0.0915. The van der Waals surface area contributed by atoms with Gasteiger partial charge >= 0.3 is 11.7 Å². The highest BCUT2D eigenvalue weighted by molar-refractivity contribution is 5.88. The van der Waals surface area contributed by atoms with Gasteiger partial charge in [0.2, 0.25) is 0 Å². The Labute approximate surface area is 217 Å². The van der Waals surface area contributed by atoms with E-state index in [4.69, 9.17) is 5.73 Å². The summed E-state index contributed by atoms with van der Waals surface area (Å²) in [6, 6.07) is 9.94. The molecule has 2 amide bonds. The molecule has 2 aromatic rings. The third-order valence-corrected chi connectivity index (χ3v) is 8.77. The standard InChI is InChI=1S/C26H35N7O2.ClH/c27-23-20-16-31(17-21(20)23)15-18-1-3-19(4-2-18)33-12-5-22(30-25(33)35)29-24(34)32-13-8-26(9-14-32)6-10-28-11-7-26;/h1-5,12,20-21,23,28H,6-11,13-17,27H2,(H,29,30,34,35);1H. The molecule has 2 unspecified atom stereocenters. The minimum absolute atomic E-state index is 0. The molecule has 4 N–H and O–H groups in total. The highest BCUT2D eigenvalue weighted by Gasteiger charge is 2.53. The zero-order valence-electron chi connectivity index (χ0n) is 20.6. The number of carbonyl (C=O) groups is 1. The molecule has 10 heteroatoms. The number of amides is 2. The largest absolute Gasteiger partial charge is 0.354 e. The zero-order chi connectivity index (χ0) is 24.0. The van der Waals surface area contributed by atoms with Crippen molar-refractivity contribution >= 4 is 24.3 Å². The molecule has 1 aromatic carbocycles. The SMILES string of the molecule is Cl.NC1C2CN(Cc3ccc(-n4ccc(NC(=O)N5CCC6(CCNCC6)CC5)nc4=O)cc3)CC12. The van der Waals surface area contributed by atoms with Gasteiger partial charge in [-0.25, -0.2) is 9.59 Å². The van der Waals surface area contributed by atoms with Crippen molar-refractivity contribution in [1.29, 1.82) is 0 Å². The molecule has 1 aliphatic carbocycles. The van der Waals surface area contributed by atoms with Crippen molar-refractivity contribution in [3.8, 4) is 5.69 Å². The summed E-state index contributed by atoms with van der Waals surface area (Å²) in [4.78, 5) is 33.9. The Morgan fingerprint density at radius 1 is 1.06 bits per heavy atom. The topological polar surface area (TPSA) is 109 Å². The van der Waals surface area contributed by atoms with Crippen LogP contribution in [0, 0.1) is 17.3 Å². The maximum absolute atomic E-state index is 12.8. The number of nitrogens with two attached hydrogens (primary N) is 1. The second-order valence-electron chi connectivity index (χ2n) is 10.9. The van der Waals surface area contributed by atoms with Gasteiger partial charge in [0.25, 0.3) is 0 Å². The lowest BCUT2D eigenvalue weighted by Gasteiger charge is -2.44. The van der Waals surface area contributed by atoms with Gasteiger partial charge < -0.3 is 16.0 Å². The third-order valence-electron chi connectivity index (χ3n) is 8.77. The Kier molecular flexibility index (Phi) is 7.09. The van der Waals surface area contributed by atoms with Gasteiger partial charge in [-0.05, 0) is 79.8 Å². The highest BCUT2D eigenvalue weighted by atomic mass is 35.5. The minimum Gasteiger partial charge on any atom is -0.327 e. The molecule has 1 saturated carbocycles. The van der Waals surface area contributed by atoms with Crippen LogP contribution < -0.4 is 22.1 Å². The molecule has 6 rings (SSSR count). The van der Waals surface area contributed by atoms with Gasteiger partial charge in [0.15, 0.2) is 0 Å². The number of hydrogen-bond acceptors (Lipinski definition) is 6. The molecule has 0 bridgehead atoms. The fourth-order valence-electron chi connectivity index (χ4n) is 6.31. The first-order valence-electron chi connectivity index (χ1n) is 12.9. The molecule has 0 radical (unpaired) electrons. The number of benzene rings is 1. The van der Waals surface area contributed by atoms with Gasteiger partial charge in [-0.1, -0.05) is 12.1 Å². The first-order chi connectivity index (χ1) is 17.0. The van der Waals surface area contributed by atoms with E-state index in [1.165, 1.54) is 23.0 Å². The number of likely N-dealkylation sites (tertiary alicyclic amines) is 2. The van der Waals surface area contributed by atoms with E-state index in [1.807, 2.05) is 17.0 Å². The summed E-state index contributed by atoms with van der Waals surface area (Å²) in [6.45, 7) is 6.72. The van der Waals surface area contributed by atoms with Crippen LogP contribution in [-0.4, -0.2) is 70.7 Å². The smallest absolute Gasteiger partial charge is 0.327 e. The molecule has 3 aliphatic heterocycles. The Balaban J connectivity index is 0.00000267. The molecule has 36 heavy (non-hydrogen) atoms. The number of anilines is 1. The number of carbonyl (C=O) groups excluding carboxylic acids is 1. The van der Waals surface area contributed by atoms with Gasteiger partial charge in [-0.15, -0.1) is 12.4 Å². The van der Waals surface area contributed by atoms with Gasteiger partial charge in [0, 0.05) is 45.0 Å². The molecular formula is C26H36ClN7O2. The molecule has 2 atom stereocenters.